The van der Waals surface area contributed by atoms with Gasteiger partial charge in [0.25, 0.3) is 0 Å². The first kappa shape index (κ1) is 29.6. The third-order valence-corrected chi connectivity index (χ3v) is 10.6. The third kappa shape index (κ3) is 4.61. The van der Waals surface area contributed by atoms with Gasteiger partial charge in [0.15, 0.2) is 5.58 Å². The molecule has 3 nitrogen and oxygen atoms in total. The van der Waals surface area contributed by atoms with Crippen LogP contribution in [-0.4, -0.2) is 0 Å². The summed E-state index contributed by atoms with van der Waals surface area (Å²) in [7, 11) is 0. The highest BCUT2D eigenvalue weighted by Gasteiger charge is 2.24. The highest BCUT2D eigenvalue weighted by atomic mass is 16.3. The normalized spacial score (nSPS) is 11.8. The van der Waals surface area contributed by atoms with Gasteiger partial charge in [0, 0.05) is 43.7 Å². The molecule has 0 N–H and O–H groups in total. The van der Waals surface area contributed by atoms with Crippen molar-refractivity contribution in [3.63, 3.8) is 0 Å². The summed E-state index contributed by atoms with van der Waals surface area (Å²) >= 11 is 0. The predicted molar refractivity (Wildman–Crippen MR) is 222 cm³/mol. The Hall–Kier alpha value is -7.10. The minimum absolute atomic E-state index is 0.830. The average Bonchev–Trinajstić information content (AvgIpc) is 3.80. The van der Waals surface area contributed by atoms with E-state index in [1.54, 1.807) is 0 Å². The smallest absolute Gasteiger partial charge is 0.159 e. The lowest BCUT2D eigenvalue weighted by Gasteiger charge is -2.27. The second-order valence-electron chi connectivity index (χ2n) is 13.6. The predicted octanol–water partition coefficient (Wildman–Crippen LogP) is 14.6. The molecule has 248 valence electrons. The minimum Gasteiger partial charge on any atom is -0.455 e. The van der Waals surface area contributed by atoms with Gasteiger partial charge in [-0.2, -0.15) is 0 Å². The first-order valence-corrected chi connectivity index (χ1v) is 18.0. The lowest BCUT2D eigenvalue weighted by Crippen LogP contribution is -2.10. The summed E-state index contributed by atoms with van der Waals surface area (Å²) in [5, 5.41) is 8.95. The Bertz CT molecular complexity index is 3160. The summed E-state index contributed by atoms with van der Waals surface area (Å²) in [6.07, 6.45) is 0. The van der Waals surface area contributed by atoms with Gasteiger partial charge in [0.2, 0.25) is 0 Å². The zero-order chi connectivity index (χ0) is 34.9. The molecule has 0 saturated heterocycles. The minimum atomic E-state index is 0.830. The molecule has 3 heteroatoms. The van der Waals surface area contributed by atoms with Crippen LogP contribution in [0.5, 0.6) is 0 Å². The van der Waals surface area contributed by atoms with Crippen molar-refractivity contribution in [3.8, 4) is 22.3 Å². The maximum absolute atomic E-state index is 7.25. The van der Waals surface area contributed by atoms with Crippen molar-refractivity contribution in [2.75, 3.05) is 4.90 Å². The summed E-state index contributed by atoms with van der Waals surface area (Å²) in [6, 6.07) is 66.6. The Kier molecular flexibility index (Phi) is 6.55. The monoisotopic (exact) mass is 677 g/mol. The van der Waals surface area contributed by atoms with E-state index in [9.17, 15) is 0 Å². The Morgan fingerprint density at radius 3 is 1.79 bits per heavy atom. The molecule has 0 atom stereocenters. The van der Waals surface area contributed by atoms with E-state index in [-0.39, 0.29) is 0 Å². The number of fused-ring (bicyclic) bond motifs is 8. The molecule has 0 bridgehead atoms. The van der Waals surface area contributed by atoms with Crippen molar-refractivity contribution in [1.82, 2.24) is 0 Å². The largest absolute Gasteiger partial charge is 0.455 e. The van der Waals surface area contributed by atoms with Crippen LogP contribution in [-0.2, 0) is 0 Å². The topological polar surface area (TPSA) is 29.5 Å². The molecular weight excluding hydrogens is 647 g/mol. The molecule has 0 fully saturated rings. The van der Waals surface area contributed by atoms with E-state index in [0.29, 0.717) is 0 Å². The average molecular weight is 678 g/mol. The number of rotatable bonds is 5. The highest BCUT2D eigenvalue weighted by Crippen LogP contribution is 2.49. The van der Waals surface area contributed by atoms with Gasteiger partial charge < -0.3 is 13.7 Å². The van der Waals surface area contributed by atoms with Gasteiger partial charge in [-0.05, 0) is 63.7 Å². The van der Waals surface area contributed by atoms with Crippen LogP contribution < -0.4 is 4.90 Å². The summed E-state index contributed by atoms with van der Waals surface area (Å²) in [6.45, 7) is 0. The van der Waals surface area contributed by atoms with Crippen LogP contribution in [0.4, 0.5) is 17.1 Å². The molecule has 2 heterocycles. The molecule has 11 rings (SSSR count). The fraction of sp³-hybridized carbons (Fsp3) is 0. The number of furan rings is 2. The van der Waals surface area contributed by atoms with Gasteiger partial charge in [-0.25, -0.2) is 0 Å². The van der Waals surface area contributed by atoms with Crippen molar-refractivity contribution in [1.29, 1.82) is 0 Å². The van der Waals surface area contributed by atoms with Crippen molar-refractivity contribution in [2.24, 2.45) is 0 Å². The molecule has 0 unspecified atom stereocenters. The van der Waals surface area contributed by atoms with E-state index < -0.39 is 0 Å². The van der Waals surface area contributed by atoms with E-state index >= 15 is 0 Å². The lowest BCUT2D eigenvalue weighted by atomic mass is 9.94. The van der Waals surface area contributed by atoms with E-state index in [1.165, 1.54) is 21.9 Å². The number of anilines is 3. The zero-order valence-electron chi connectivity index (χ0n) is 28.7. The summed E-state index contributed by atoms with van der Waals surface area (Å²) in [4.78, 5) is 2.35. The van der Waals surface area contributed by atoms with E-state index in [2.05, 4.69) is 181 Å². The first-order chi connectivity index (χ1) is 26.3. The van der Waals surface area contributed by atoms with E-state index in [0.717, 1.165) is 82.8 Å². The molecule has 53 heavy (non-hydrogen) atoms. The van der Waals surface area contributed by atoms with Gasteiger partial charge in [-0.15, -0.1) is 0 Å². The van der Waals surface area contributed by atoms with E-state index in [1.807, 2.05) is 12.1 Å². The Balaban J connectivity index is 1.21. The fourth-order valence-corrected chi connectivity index (χ4v) is 8.21. The van der Waals surface area contributed by atoms with Crippen LogP contribution in [0, 0.1) is 0 Å². The van der Waals surface area contributed by atoms with Crippen LogP contribution in [0.1, 0.15) is 0 Å². The van der Waals surface area contributed by atoms with E-state index in [4.69, 9.17) is 8.83 Å². The second-order valence-corrected chi connectivity index (χ2v) is 13.6. The molecule has 0 aliphatic heterocycles. The lowest BCUT2D eigenvalue weighted by molar-refractivity contribution is 0.665. The molecule has 11 aromatic rings. The second kappa shape index (κ2) is 11.7. The van der Waals surface area contributed by atoms with Crippen molar-refractivity contribution in [2.45, 2.75) is 0 Å². The van der Waals surface area contributed by atoms with Crippen LogP contribution in [0.3, 0.4) is 0 Å². The standard InChI is InChI=1S/C50H31NO2/c1-2-13-32(14-3-1)33-27-29-36(30-28-33)51(44-24-10-17-34-15-4-6-18-37(34)44)45-25-12-22-41-43-31-35-16-5-7-19-38(35)47(50(43)53-49(41)45)42-23-11-21-40-39-20-8-9-26-46(39)52-48(40)42/h1-31H. The van der Waals surface area contributed by atoms with Crippen molar-refractivity contribution in [3.05, 3.63) is 188 Å². The van der Waals surface area contributed by atoms with Crippen LogP contribution in [0.15, 0.2) is 197 Å². The summed E-state index contributed by atoms with van der Waals surface area (Å²) in [5.74, 6) is 0. The SMILES string of the molecule is c1ccc(-c2ccc(N(c3cccc4ccccc34)c3cccc4c3oc3c(-c5cccc6c5oc5ccccc56)c5ccccc5cc34)cc2)cc1. The van der Waals surface area contributed by atoms with Gasteiger partial charge in [-0.3, -0.25) is 0 Å². The maximum Gasteiger partial charge on any atom is 0.159 e. The first-order valence-electron chi connectivity index (χ1n) is 18.0. The number of hydrogen-bond donors (Lipinski definition) is 0. The molecule has 0 radical (unpaired) electrons. The van der Waals surface area contributed by atoms with Gasteiger partial charge >= 0.3 is 0 Å². The summed E-state index contributed by atoms with van der Waals surface area (Å²) < 4.78 is 13.9. The quantitative estimate of drug-likeness (QED) is 0.182. The number of hydrogen-bond acceptors (Lipinski definition) is 3. The van der Waals surface area contributed by atoms with Gasteiger partial charge in [-0.1, -0.05) is 152 Å². The third-order valence-electron chi connectivity index (χ3n) is 10.6. The molecule has 0 amide bonds. The fourth-order valence-electron chi connectivity index (χ4n) is 8.21. The zero-order valence-corrected chi connectivity index (χ0v) is 28.7. The molecule has 0 saturated carbocycles. The summed E-state index contributed by atoms with van der Waals surface area (Å²) in [5.41, 5.74) is 10.9. The van der Waals surface area contributed by atoms with Gasteiger partial charge in [0.1, 0.15) is 16.7 Å². The van der Waals surface area contributed by atoms with Crippen molar-refractivity contribution >= 4 is 82.5 Å². The molecule has 0 spiro atoms. The number of benzene rings is 9. The van der Waals surface area contributed by atoms with Crippen LogP contribution in [0.25, 0.3) is 87.7 Å². The molecule has 0 aliphatic carbocycles. The maximum atomic E-state index is 7.25. The number of para-hydroxylation sites is 3. The molecular formula is C50H31NO2. The van der Waals surface area contributed by atoms with Crippen molar-refractivity contribution < 1.29 is 8.83 Å². The molecule has 2 aromatic heterocycles. The van der Waals surface area contributed by atoms with Crippen LogP contribution in [0.2, 0.25) is 0 Å². The number of nitrogens with zero attached hydrogens (tertiary/aromatic N) is 1. The molecule has 9 aromatic carbocycles. The van der Waals surface area contributed by atoms with Crippen LogP contribution >= 0.6 is 0 Å². The molecule has 0 aliphatic rings. The Labute approximate surface area is 305 Å². The Morgan fingerprint density at radius 1 is 0.340 bits per heavy atom. The Morgan fingerprint density at radius 2 is 0.943 bits per heavy atom. The highest BCUT2D eigenvalue weighted by molar-refractivity contribution is 6.23. The van der Waals surface area contributed by atoms with Gasteiger partial charge in [0.05, 0.1) is 11.4 Å².